The molecule has 7 nitrogen and oxygen atoms in total. The van der Waals surface area contributed by atoms with E-state index in [9.17, 15) is 14.4 Å². The van der Waals surface area contributed by atoms with Crippen molar-refractivity contribution in [1.82, 2.24) is 4.90 Å². The number of carbonyl (C=O) groups excluding carboxylic acids is 3. The molecule has 3 amide bonds. The zero-order chi connectivity index (χ0) is 21.1. The predicted molar refractivity (Wildman–Crippen MR) is 110 cm³/mol. The topological polar surface area (TPSA) is 84.9 Å². The SMILES string of the molecule is COc1ccccc1Oc1ccc(NC(=O)CN2C(=O)C3CC=CCC3C2=O)cc1. The van der Waals surface area contributed by atoms with Crippen molar-refractivity contribution in [3.05, 3.63) is 60.7 Å². The van der Waals surface area contributed by atoms with Crippen LogP contribution in [-0.4, -0.2) is 36.3 Å². The van der Waals surface area contributed by atoms with Crippen molar-refractivity contribution < 1.29 is 23.9 Å². The predicted octanol–water partition coefficient (Wildman–Crippen LogP) is 3.38. The molecule has 2 aliphatic rings. The van der Waals surface area contributed by atoms with Crippen molar-refractivity contribution in [3.8, 4) is 17.2 Å². The molecule has 0 aromatic heterocycles. The van der Waals surface area contributed by atoms with Crippen LogP contribution in [0.1, 0.15) is 12.8 Å². The number of benzene rings is 2. The van der Waals surface area contributed by atoms with E-state index in [1.54, 1.807) is 43.5 Å². The summed E-state index contributed by atoms with van der Waals surface area (Å²) in [5.74, 6) is 0.184. The third-order valence-electron chi connectivity index (χ3n) is 5.34. The minimum Gasteiger partial charge on any atom is -0.493 e. The summed E-state index contributed by atoms with van der Waals surface area (Å²) in [7, 11) is 1.57. The molecule has 4 rings (SSSR count). The summed E-state index contributed by atoms with van der Waals surface area (Å²) >= 11 is 0. The summed E-state index contributed by atoms with van der Waals surface area (Å²) < 4.78 is 11.1. The van der Waals surface area contributed by atoms with Gasteiger partial charge in [-0.1, -0.05) is 24.3 Å². The Kier molecular flexibility index (Phi) is 5.52. The number of nitrogens with zero attached hydrogens (tertiary/aromatic N) is 1. The lowest BCUT2D eigenvalue weighted by atomic mass is 9.85. The zero-order valence-electron chi connectivity index (χ0n) is 16.5. The third kappa shape index (κ3) is 3.91. The van der Waals surface area contributed by atoms with Crippen molar-refractivity contribution in [3.63, 3.8) is 0 Å². The lowest BCUT2D eigenvalue weighted by Gasteiger charge is -2.15. The highest BCUT2D eigenvalue weighted by Crippen LogP contribution is 2.35. The van der Waals surface area contributed by atoms with Crippen LogP contribution in [0.15, 0.2) is 60.7 Å². The maximum atomic E-state index is 12.5. The highest BCUT2D eigenvalue weighted by molar-refractivity contribution is 6.08. The third-order valence-corrected chi connectivity index (χ3v) is 5.34. The standard InChI is InChI=1S/C23H22N2O5/c1-29-19-8-4-5-9-20(19)30-16-12-10-15(11-13-16)24-21(26)14-25-22(27)17-6-2-3-7-18(17)23(25)28/h2-5,8-13,17-18H,6-7,14H2,1H3,(H,24,26). The summed E-state index contributed by atoms with van der Waals surface area (Å²) in [6, 6.07) is 14.1. The molecule has 1 fully saturated rings. The molecule has 1 heterocycles. The molecule has 154 valence electrons. The van der Waals surface area contributed by atoms with E-state index >= 15 is 0 Å². The molecule has 7 heteroatoms. The van der Waals surface area contributed by atoms with Gasteiger partial charge in [0.25, 0.3) is 0 Å². The number of allylic oxidation sites excluding steroid dienone is 2. The second kappa shape index (κ2) is 8.41. The Balaban J connectivity index is 1.36. The van der Waals surface area contributed by atoms with Gasteiger partial charge in [0.05, 0.1) is 18.9 Å². The Labute approximate surface area is 174 Å². The van der Waals surface area contributed by atoms with Gasteiger partial charge in [-0.3, -0.25) is 19.3 Å². The largest absolute Gasteiger partial charge is 0.493 e. The van der Waals surface area contributed by atoms with Gasteiger partial charge in [0.2, 0.25) is 17.7 Å². The second-order valence-corrected chi connectivity index (χ2v) is 7.24. The Hall–Kier alpha value is -3.61. The van der Waals surface area contributed by atoms with Crippen LogP contribution in [0.3, 0.4) is 0 Å². The number of likely N-dealkylation sites (tertiary alicyclic amines) is 1. The molecular formula is C23H22N2O5. The van der Waals surface area contributed by atoms with Crippen LogP contribution >= 0.6 is 0 Å². The highest BCUT2D eigenvalue weighted by atomic mass is 16.5. The number of fused-ring (bicyclic) bond motifs is 1. The lowest BCUT2D eigenvalue weighted by Crippen LogP contribution is -2.38. The Bertz CT molecular complexity index is 973. The number of carbonyl (C=O) groups is 3. The van der Waals surface area contributed by atoms with Crippen LogP contribution in [0.5, 0.6) is 17.2 Å². The van der Waals surface area contributed by atoms with E-state index in [0.717, 1.165) is 4.90 Å². The monoisotopic (exact) mass is 406 g/mol. The van der Waals surface area contributed by atoms with Crippen LogP contribution in [0.25, 0.3) is 0 Å². The average molecular weight is 406 g/mol. The first kappa shape index (κ1) is 19.7. The van der Waals surface area contributed by atoms with E-state index in [-0.39, 0.29) is 30.2 Å². The molecule has 2 aromatic carbocycles. The van der Waals surface area contributed by atoms with E-state index in [0.29, 0.717) is 35.8 Å². The fourth-order valence-corrected chi connectivity index (χ4v) is 3.81. The number of imide groups is 1. The molecule has 30 heavy (non-hydrogen) atoms. The van der Waals surface area contributed by atoms with Gasteiger partial charge in [-0.2, -0.15) is 0 Å². The maximum absolute atomic E-state index is 12.5. The highest BCUT2D eigenvalue weighted by Gasteiger charge is 2.47. The normalized spacial score (nSPS) is 20.1. The first-order valence-electron chi connectivity index (χ1n) is 9.78. The van der Waals surface area contributed by atoms with Gasteiger partial charge < -0.3 is 14.8 Å². The molecule has 1 aliphatic heterocycles. The number of hydrogen-bond donors (Lipinski definition) is 1. The smallest absolute Gasteiger partial charge is 0.244 e. The van der Waals surface area contributed by atoms with Crippen LogP contribution in [0.2, 0.25) is 0 Å². The summed E-state index contributed by atoms with van der Waals surface area (Å²) in [6.45, 7) is -0.274. The summed E-state index contributed by atoms with van der Waals surface area (Å²) in [6.07, 6.45) is 4.96. The molecule has 0 radical (unpaired) electrons. The number of methoxy groups -OCH3 is 1. The van der Waals surface area contributed by atoms with Crippen molar-refractivity contribution in [2.75, 3.05) is 19.0 Å². The molecule has 2 aromatic rings. The van der Waals surface area contributed by atoms with Crippen molar-refractivity contribution in [2.24, 2.45) is 11.8 Å². The molecule has 0 saturated carbocycles. The minimum absolute atomic E-state index is 0.259. The number of anilines is 1. The quantitative estimate of drug-likeness (QED) is 0.587. The van der Waals surface area contributed by atoms with Crippen LogP contribution < -0.4 is 14.8 Å². The van der Waals surface area contributed by atoms with Crippen LogP contribution in [0.4, 0.5) is 5.69 Å². The van der Waals surface area contributed by atoms with Gasteiger partial charge in [0.1, 0.15) is 12.3 Å². The summed E-state index contributed by atoms with van der Waals surface area (Å²) in [5.41, 5.74) is 0.547. The molecule has 0 spiro atoms. The Morgan fingerprint density at radius 2 is 1.57 bits per heavy atom. The van der Waals surface area contributed by atoms with E-state index in [1.165, 1.54) is 0 Å². The number of nitrogens with one attached hydrogen (secondary N) is 1. The number of para-hydroxylation sites is 2. The molecule has 0 bridgehead atoms. The van der Waals surface area contributed by atoms with E-state index in [4.69, 9.17) is 9.47 Å². The molecule has 1 aliphatic carbocycles. The minimum atomic E-state index is -0.415. The molecular weight excluding hydrogens is 384 g/mol. The average Bonchev–Trinajstić information content (AvgIpc) is 3.00. The number of ether oxygens (including phenoxy) is 2. The van der Waals surface area contributed by atoms with Crippen LogP contribution in [0, 0.1) is 11.8 Å². The maximum Gasteiger partial charge on any atom is 0.244 e. The van der Waals surface area contributed by atoms with Crippen LogP contribution in [-0.2, 0) is 14.4 Å². The van der Waals surface area contributed by atoms with E-state index < -0.39 is 5.91 Å². The number of amides is 3. The summed E-state index contributed by atoms with van der Waals surface area (Å²) in [5, 5.41) is 2.72. The molecule has 2 unspecified atom stereocenters. The first-order chi connectivity index (χ1) is 14.6. The number of hydrogen-bond acceptors (Lipinski definition) is 5. The van der Waals surface area contributed by atoms with E-state index in [2.05, 4.69) is 5.32 Å². The fourth-order valence-electron chi connectivity index (χ4n) is 3.81. The van der Waals surface area contributed by atoms with Gasteiger partial charge in [0, 0.05) is 5.69 Å². The molecule has 2 atom stereocenters. The van der Waals surface area contributed by atoms with Gasteiger partial charge in [0.15, 0.2) is 11.5 Å². The summed E-state index contributed by atoms with van der Waals surface area (Å²) in [4.78, 5) is 38.4. The zero-order valence-corrected chi connectivity index (χ0v) is 16.5. The Morgan fingerprint density at radius 3 is 2.17 bits per heavy atom. The van der Waals surface area contributed by atoms with Gasteiger partial charge in [-0.05, 0) is 49.2 Å². The van der Waals surface area contributed by atoms with Crippen molar-refractivity contribution >= 4 is 23.4 Å². The van der Waals surface area contributed by atoms with Crippen molar-refractivity contribution in [1.29, 1.82) is 0 Å². The van der Waals surface area contributed by atoms with Crippen molar-refractivity contribution in [2.45, 2.75) is 12.8 Å². The fraction of sp³-hybridized carbons (Fsp3) is 0.261. The van der Waals surface area contributed by atoms with Gasteiger partial charge in [-0.15, -0.1) is 0 Å². The molecule has 1 N–H and O–H groups in total. The second-order valence-electron chi connectivity index (χ2n) is 7.24. The Morgan fingerprint density at radius 1 is 0.967 bits per heavy atom. The molecule has 1 saturated heterocycles. The first-order valence-corrected chi connectivity index (χ1v) is 9.78. The van der Waals surface area contributed by atoms with Gasteiger partial charge in [-0.25, -0.2) is 0 Å². The number of rotatable bonds is 6. The van der Waals surface area contributed by atoms with Gasteiger partial charge >= 0.3 is 0 Å². The lowest BCUT2D eigenvalue weighted by molar-refractivity contribution is -0.142. The van der Waals surface area contributed by atoms with E-state index in [1.807, 2.05) is 24.3 Å².